The van der Waals surface area contributed by atoms with Crippen LogP contribution in [0.2, 0.25) is 0 Å². The van der Waals surface area contributed by atoms with Gasteiger partial charge in [0.25, 0.3) is 0 Å². The van der Waals surface area contributed by atoms with Crippen LogP contribution in [0.15, 0.2) is 0 Å². The third kappa shape index (κ3) is 2.27. The number of aliphatic hydroxyl groups is 2. The van der Waals surface area contributed by atoms with E-state index in [0.717, 1.165) is 25.7 Å². The number of hydrogen-bond acceptors (Lipinski definition) is 2. The van der Waals surface area contributed by atoms with Crippen molar-refractivity contribution in [2.75, 3.05) is 6.61 Å². The minimum absolute atomic E-state index is 0.0923. The van der Waals surface area contributed by atoms with E-state index in [1.165, 1.54) is 6.42 Å². The summed E-state index contributed by atoms with van der Waals surface area (Å²) in [5, 5.41) is 17.8. The second kappa shape index (κ2) is 3.94. The molecule has 2 nitrogen and oxygen atoms in total. The van der Waals surface area contributed by atoms with Gasteiger partial charge >= 0.3 is 0 Å². The molecule has 2 heteroatoms. The van der Waals surface area contributed by atoms with Gasteiger partial charge in [0.1, 0.15) is 0 Å². The lowest BCUT2D eigenvalue weighted by atomic mass is 9.85. The Labute approximate surface area is 61.9 Å². The molecular formula is C8H16O2. The van der Waals surface area contributed by atoms with E-state index in [9.17, 15) is 5.11 Å². The normalized spacial score (nSPS) is 34.2. The van der Waals surface area contributed by atoms with E-state index in [1.54, 1.807) is 0 Å². The van der Waals surface area contributed by atoms with E-state index in [-0.39, 0.29) is 12.7 Å². The summed E-state index contributed by atoms with van der Waals surface area (Å²) in [6.07, 6.45) is 4.97. The standard InChI is InChI=1S/C8H16O2/c9-5-4-7-2-1-3-8(10)6-7/h7-10H,1-6H2. The summed E-state index contributed by atoms with van der Waals surface area (Å²) in [5.41, 5.74) is 0. The van der Waals surface area contributed by atoms with Crippen molar-refractivity contribution in [1.82, 2.24) is 0 Å². The third-order valence-corrected chi connectivity index (χ3v) is 2.29. The molecule has 2 N–H and O–H groups in total. The van der Waals surface area contributed by atoms with Crippen molar-refractivity contribution in [2.45, 2.75) is 38.2 Å². The molecule has 2 unspecified atom stereocenters. The molecule has 0 spiro atoms. The van der Waals surface area contributed by atoms with Gasteiger partial charge in [-0.05, 0) is 25.2 Å². The van der Waals surface area contributed by atoms with Crippen molar-refractivity contribution < 1.29 is 10.2 Å². The first-order valence-electron chi connectivity index (χ1n) is 4.12. The monoisotopic (exact) mass is 144 g/mol. The molecule has 0 aromatic rings. The van der Waals surface area contributed by atoms with Crippen LogP contribution in [0.25, 0.3) is 0 Å². The largest absolute Gasteiger partial charge is 0.396 e. The maximum atomic E-state index is 9.22. The fourth-order valence-corrected chi connectivity index (χ4v) is 1.71. The van der Waals surface area contributed by atoms with Crippen molar-refractivity contribution in [2.24, 2.45) is 5.92 Å². The number of rotatable bonds is 2. The zero-order valence-corrected chi connectivity index (χ0v) is 6.29. The minimum Gasteiger partial charge on any atom is -0.396 e. The van der Waals surface area contributed by atoms with Gasteiger partial charge in [-0.3, -0.25) is 0 Å². The van der Waals surface area contributed by atoms with Crippen LogP contribution in [0.3, 0.4) is 0 Å². The molecule has 0 amide bonds. The van der Waals surface area contributed by atoms with Gasteiger partial charge in [-0.25, -0.2) is 0 Å². The van der Waals surface area contributed by atoms with Crippen LogP contribution in [0.5, 0.6) is 0 Å². The second-order valence-corrected chi connectivity index (χ2v) is 3.20. The topological polar surface area (TPSA) is 40.5 Å². The van der Waals surface area contributed by atoms with Gasteiger partial charge in [0, 0.05) is 6.61 Å². The first-order chi connectivity index (χ1) is 4.83. The lowest BCUT2D eigenvalue weighted by molar-refractivity contribution is 0.0909. The number of hydrogen-bond donors (Lipinski definition) is 2. The summed E-state index contributed by atoms with van der Waals surface area (Å²) in [4.78, 5) is 0. The van der Waals surface area contributed by atoms with E-state index >= 15 is 0 Å². The molecule has 60 valence electrons. The molecule has 0 saturated heterocycles. The molecule has 0 aliphatic heterocycles. The Morgan fingerprint density at radius 3 is 2.70 bits per heavy atom. The SMILES string of the molecule is OCCC1CCCC(O)C1. The van der Waals surface area contributed by atoms with Gasteiger partial charge in [0.2, 0.25) is 0 Å². The summed E-state index contributed by atoms with van der Waals surface area (Å²) < 4.78 is 0. The quantitative estimate of drug-likeness (QED) is 0.605. The highest BCUT2D eigenvalue weighted by atomic mass is 16.3. The lowest BCUT2D eigenvalue weighted by Crippen LogP contribution is -2.20. The predicted octanol–water partition coefficient (Wildman–Crippen LogP) is 0.920. The average Bonchev–Trinajstić information content (AvgIpc) is 1.88. The summed E-state index contributed by atoms with van der Waals surface area (Å²) in [6.45, 7) is 0.275. The molecule has 1 rings (SSSR count). The van der Waals surface area contributed by atoms with E-state index in [4.69, 9.17) is 5.11 Å². The van der Waals surface area contributed by atoms with Gasteiger partial charge in [-0.1, -0.05) is 12.8 Å². The molecule has 1 fully saturated rings. The van der Waals surface area contributed by atoms with E-state index in [2.05, 4.69) is 0 Å². The van der Waals surface area contributed by atoms with Crippen LogP contribution in [0.1, 0.15) is 32.1 Å². The molecule has 0 aromatic heterocycles. The molecule has 10 heavy (non-hydrogen) atoms. The molecule has 0 heterocycles. The van der Waals surface area contributed by atoms with Crippen LogP contribution in [-0.2, 0) is 0 Å². The Hall–Kier alpha value is -0.0800. The first-order valence-corrected chi connectivity index (χ1v) is 4.12. The molecule has 1 aliphatic carbocycles. The van der Waals surface area contributed by atoms with Crippen molar-refractivity contribution >= 4 is 0 Å². The van der Waals surface area contributed by atoms with Crippen molar-refractivity contribution in [3.8, 4) is 0 Å². The van der Waals surface area contributed by atoms with Gasteiger partial charge in [-0.15, -0.1) is 0 Å². The molecule has 1 saturated carbocycles. The van der Waals surface area contributed by atoms with Crippen LogP contribution in [-0.4, -0.2) is 22.9 Å². The second-order valence-electron chi connectivity index (χ2n) is 3.20. The summed E-state index contributed by atoms with van der Waals surface area (Å²) in [7, 11) is 0. The molecule has 0 bridgehead atoms. The zero-order valence-electron chi connectivity index (χ0n) is 6.29. The highest BCUT2D eigenvalue weighted by Crippen LogP contribution is 2.26. The first kappa shape index (κ1) is 8.02. The van der Waals surface area contributed by atoms with E-state index < -0.39 is 0 Å². The van der Waals surface area contributed by atoms with E-state index in [1.807, 2.05) is 0 Å². The smallest absolute Gasteiger partial charge is 0.0543 e. The Balaban J connectivity index is 2.18. The molecule has 0 radical (unpaired) electrons. The Morgan fingerprint density at radius 2 is 2.10 bits per heavy atom. The Bertz CT molecular complexity index is 91.3. The molecule has 0 aromatic carbocycles. The molecule has 2 atom stereocenters. The van der Waals surface area contributed by atoms with Crippen LogP contribution < -0.4 is 0 Å². The third-order valence-electron chi connectivity index (χ3n) is 2.29. The van der Waals surface area contributed by atoms with Crippen molar-refractivity contribution in [3.63, 3.8) is 0 Å². The lowest BCUT2D eigenvalue weighted by Gasteiger charge is -2.24. The number of aliphatic hydroxyl groups excluding tert-OH is 2. The van der Waals surface area contributed by atoms with Crippen molar-refractivity contribution in [1.29, 1.82) is 0 Å². The van der Waals surface area contributed by atoms with Crippen molar-refractivity contribution in [3.05, 3.63) is 0 Å². The predicted molar refractivity (Wildman–Crippen MR) is 39.7 cm³/mol. The van der Waals surface area contributed by atoms with E-state index in [0.29, 0.717) is 5.92 Å². The summed E-state index contributed by atoms with van der Waals surface area (Å²) >= 11 is 0. The molecular weight excluding hydrogens is 128 g/mol. The highest BCUT2D eigenvalue weighted by Gasteiger charge is 2.18. The maximum absolute atomic E-state index is 9.22. The van der Waals surface area contributed by atoms with Crippen LogP contribution in [0, 0.1) is 5.92 Å². The molecule has 1 aliphatic rings. The fraction of sp³-hybridized carbons (Fsp3) is 1.00. The Morgan fingerprint density at radius 1 is 1.30 bits per heavy atom. The van der Waals surface area contributed by atoms with Gasteiger partial charge < -0.3 is 10.2 Å². The maximum Gasteiger partial charge on any atom is 0.0543 e. The van der Waals surface area contributed by atoms with Gasteiger partial charge in [0.05, 0.1) is 6.10 Å². The summed E-state index contributed by atoms with van der Waals surface area (Å²) in [6, 6.07) is 0. The van der Waals surface area contributed by atoms with Gasteiger partial charge in [-0.2, -0.15) is 0 Å². The zero-order chi connectivity index (χ0) is 7.40. The fourth-order valence-electron chi connectivity index (χ4n) is 1.71. The Kier molecular flexibility index (Phi) is 3.16. The van der Waals surface area contributed by atoms with Crippen LogP contribution >= 0.6 is 0 Å². The average molecular weight is 144 g/mol. The summed E-state index contributed by atoms with van der Waals surface area (Å²) in [5.74, 6) is 0.578. The van der Waals surface area contributed by atoms with Gasteiger partial charge in [0.15, 0.2) is 0 Å². The van der Waals surface area contributed by atoms with Crippen LogP contribution in [0.4, 0.5) is 0 Å². The minimum atomic E-state index is -0.0923. The highest BCUT2D eigenvalue weighted by molar-refractivity contribution is 4.71.